The number of hydrogen-bond acceptors (Lipinski definition) is 3. The largest absolute Gasteiger partial charge is 0.389 e. The molecule has 0 aliphatic heterocycles. The van der Waals surface area contributed by atoms with E-state index in [-0.39, 0.29) is 0 Å². The summed E-state index contributed by atoms with van der Waals surface area (Å²) in [5, 5.41) is 11.0. The summed E-state index contributed by atoms with van der Waals surface area (Å²) in [4.78, 5) is 3.99. The van der Waals surface area contributed by atoms with Crippen molar-refractivity contribution in [2.45, 2.75) is 6.92 Å². The number of thiazole rings is 1. The molecule has 1 aromatic heterocycles. The molecule has 60 valence electrons. The van der Waals surface area contributed by atoms with Crippen molar-refractivity contribution in [2.24, 2.45) is 0 Å². The average Bonchev–Trinajstić information content (AvgIpc) is 2.35. The maximum atomic E-state index is 12.4. The summed E-state index contributed by atoms with van der Waals surface area (Å²) in [5.41, 5.74) is 0.569. The lowest BCUT2D eigenvalue weighted by molar-refractivity contribution is 0.300. The Morgan fingerprint density at radius 1 is 1.91 bits per heavy atom. The van der Waals surface area contributed by atoms with Gasteiger partial charge in [-0.2, -0.15) is 0 Å². The zero-order valence-corrected chi connectivity index (χ0v) is 6.86. The molecule has 0 aliphatic carbocycles. The van der Waals surface area contributed by atoms with Gasteiger partial charge in [-0.3, -0.25) is 0 Å². The van der Waals surface area contributed by atoms with Crippen LogP contribution in [-0.2, 0) is 0 Å². The predicted octanol–water partition coefficient (Wildman–Crippen LogP) is 1.75. The first-order valence-electron chi connectivity index (χ1n) is 3.11. The van der Waals surface area contributed by atoms with Gasteiger partial charge in [0.2, 0.25) is 0 Å². The standard InChI is InChI=1S/C7H8FNOS/c1-5-9-7(4-11-5)2-6(8)3-10/h2,4,10H,3H2,1H3/b6-2-. The first-order valence-corrected chi connectivity index (χ1v) is 3.99. The molecule has 0 saturated carbocycles. The van der Waals surface area contributed by atoms with Gasteiger partial charge >= 0.3 is 0 Å². The normalized spacial score (nSPS) is 12.1. The molecule has 0 atom stereocenters. The van der Waals surface area contributed by atoms with Gasteiger partial charge in [-0.05, 0) is 13.0 Å². The molecule has 2 nitrogen and oxygen atoms in total. The van der Waals surface area contributed by atoms with Crippen LogP contribution in [0.2, 0.25) is 0 Å². The second-order valence-corrected chi connectivity index (χ2v) is 3.10. The molecule has 1 N–H and O–H groups in total. The van der Waals surface area contributed by atoms with Crippen LogP contribution in [-0.4, -0.2) is 16.7 Å². The van der Waals surface area contributed by atoms with Crippen molar-refractivity contribution < 1.29 is 9.50 Å². The van der Waals surface area contributed by atoms with Gasteiger partial charge in [0, 0.05) is 5.38 Å². The van der Waals surface area contributed by atoms with Crippen LogP contribution in [0.4, 0.5) is 4.39 Å². The van der Waals surface area contributed by atoms with Crippen LogP contribution in [0.5, 0.6) is 0 Å². The van der Waals surface area contributed by atoms with Gasteiger partial charge in [0.15, 0.2) is 0 Å². The predicted molar refractivity (Wildman–Crippen MR) is 43.0 cm³/mol. The average molecular weight is 173 g/mol. The van der Waals surface area contributed by atoms with E-state index >= 15 is 0 Å². The fraction of sp³-hybridized carbons (Fsp3) is 0.286. The minimum absolute atomic E-state index is 0.559. The maximum Gasteiger partial charge on any atom is 0.127 e. The molecular weight excluding hydrogens is 165 g/mol. The number of aryl methyl sites for hydroxylation is 1. The quantitative estimate of drug-likeness (QED) is 0.739. The molecule has 0 saturated heterocycles. The summed E-state index contributed by atoms with van der Waals surface area (Å²) in [6, 6.07) is 0. The SMILES string of the molecule is Cc1nc(/C=C(\F)CO)cs1. The number of aliphatic hydroxyl groups is 1. The molecule has 0 aromatic carbocycles. The third kappa shape index (κ3) is 2.40. The Kier molecular flexibility index (Phi) is 2.73. The second-order valence-electron chi connectivity index (χ2n) is 2.04. The van der Waals surface area contributed by atoms with E-state index in [9.17, 15) is 4.39 Å². The van der Waals surface area contributed by atoms with Crippen molar-refractivity contribution in [1.82, 2.24) is 4.98 Å². The van der Waals surface area contributed by atoms with Crippen LogP contribution in [0, 0.1) is 6.92 Å². The zero-order chi connectivity index (χ0) is 8.27. The summed E-state index contributed by atoms with van der Waals surface area (Å²) in [6.45, 7) is 1.29. The molecule has 1 rings (SSSR count). The van der Waals surface area contributed by atoms with E-state index in [0.29, 0.717) is 5.69 Å². The lowest BCUT2D eigenvalue weighted by Crippen LogP contribution is -1.82. The molecule has 11 heavy (non-hydrogen) atoms. The van der Waals surface area contributed by atoms with E-state index in [0.717, 1.165) is 5.01 Å². The Morgan fingerprint density at radius 3 is 3.09 bits per heavy atom. The molecule has 0 amide bonds. The smallest absolute Gasteiger partial charge is 0.127 e. The monoisotopic (exact) mass is 173 g/mol. The number of aromatic nitrogens is 1. The summed E-state index contributed by atoms with van der Waals surface area (Å²) < 4.78 is 12.4. The van der Waals surface area contributed by atoms with E-state index in [1.165, 1.54) is 17.4 Å². The molecule has 0 fully saturated rings. The van der Waals surface area contributed by atoms with Gasteiger partial charge in [-0.25, -0.2) is 9.37 Å². The summed E-state index contributed by atoms with van der Waals surface area (Å²) >= 11 is 1.45. The fourth-order valence-corrected chi connectivity index (χ4v) is 1.22. The van der Waals surface area contributed by atoms with Crippen molar-refractivity contribution in [3.8, 4) is 0 Å². The van der Waals surface area contributed by atoms with Crippen LogP contribution in [0.15, 0.2) is 11.2 Å². The fourth-order valence-electron chi connectivity index (χ4n) is 0.653. The highest BCUT2D eigenvalue weighted by atomic mass is 32.1. The van der Waals surface area contributed by atoms with Crippen molar-refractivity contribution >= 4 is 17.4 Å². The molecular formula is C7H8FNOS. The topological polar surface area (TPSA) is 33.1 Å². The van der Waals surface area contributed by atoms with Crippen LogP contribution >= 0.6 is 11.3 Å². The van der Waals surface area contributed by atoms with Gasteiger partial charge in [0.25, 0.3) is 0 Å². The van der Waals surface area contributed by atoms with Crippen molar-refractivity contribution in [2.75, 3.05) is 6.61 Å². The number of halogens is 1. The van der Waals surface area contributed by atoms with Gasteiger partial charge in [0.05, 0.1) is 17.3 Å². The first kappa shape index (κ1) is 8.36. The highest BCUT2D eigenvalue weighted by Crippen LogP contribution is 2.11. The highest BCUT2D eigenvalue weighted by molar-refractivity contribution is 7.09. The summed E-state index contributed by atoms with van der Waals surface area (Å²) in [7, 11) is 0. The zero-order valence-electron chi connectivity index (χ0n) is 6.04. The minimum Gasteiger partial charge on any atom is -0.389 e. The molecule has 0 radical (unpaired) electrons. The van der Waals surface area contributed by atoms with E-state index in [1.807, 2.05) is 6.92 Å². The van der Waals surface area contributed by atoms with Crippen LogP contribution in [0.3, 0.4) is 0 Å². The van der Waals surface area contributed by atoms with Gasteiger partial charge in [-0.15, -0.1) is 11.3 Å². The number of nitrogens with zero attached hydrogens (tertiary/aromatic N) is 1. The molecule has 4 heteroatoms. The van der Waals surface area contributed by atoms with E-state index in [2.05, 4.69) is 4.98 Å². The Labute approximate surface area is 68.0 Å². The molecule has 1 aromatic rings. The lowest BCUT2D eigenvalue weighted by atomic mass is 10.4. The molecule has 0 unspecified atom stereocenters. The van der Waals surface area contributed by atoms with Gasteiger partial charge in [0.1, 0.15) is 5.83 Å². The Morgan fingerprint density at radius 2 is 2.64 bits per heavy atom. The van der Waals surface area contributed by atoms with Crippen molar-refractivity contribution in [1.29, 1.82) is 0 Å². The number of aliphatic hydroxyl groups excluding tert-OH is 1. The Balaban J connectivity index is 2.78. The molecule has 1 heterocycles. The Hall–Kier alpha value is -0.740. The number of rotatable bonds is 2. The van der Waals surface area contributed by atoms with Crippen LogP contribution in [0.25, 0.3) is 6.08 Å². The van der Waals surface area contributed by atoms with E-state index in [1.54, 1.807) is 5.38 Å². The summed E-state index contributed by atoms with van der Waals surface area (Å²) in [5.74, 6) is -0.560. The van der Waals surface area contributed by atoms with E-state index in [4.69, 9.17) is 5.11 Å². The third-order valence-corrected chi connectivity index (χ3v) is 1.88. The molecule has 0 aliphatic rings. The van der Waals surface area contributed by atoms with Crippen LogP contribution in [0.1, 0.15) is 10.7 Å². The first-order chi connectivity index (χ1) is 5.22. The van der Waals surface area contributed by atoms with E-state index < -0.39 is 12.4 Å². The minimum atomic E-state index is -0.560. The Bertz CT molecular complexity index is 269. The van der Waals surface area contributed by atoms with Gasteiger partial charge in [-0.1, -0.05) is 0 Å². The summed E-state index contributed by atoms with van der Waals surface area (Å²) in [6.07, 6.45) is 1.23. The molecule has 0 spiro atoms. The number of hydrogen-bond donors (Lipinski definition) is 1. The van der Waals surface area contributed by atoms with Crippen LogP contribution < -0.4 is 0 Å². The van der Waals surface area contributed by atoms with Gasteiger partial charge < -0.3 is 5.11 Å². The second kappa shape index (κ2) is 3.59. The highest BCUT2D eigenvalue weighted by Gasteiger charge is 1.96. The van der Waals surface area contributed by atoms with Crippen molar-refractivity contribution in [3.63, 3.8) is 0 Å². The van der Waals surface area contributed by atoms with Crippen molar-refractivity contribution in [3.05, 3.63) is 21.9 Å². The lowest BCUT2D eigenvalue weighted by Gasteiger charge is -1.86. The molecule has 0 bridgehead atoms. The third-order valence-electron chi connectivity index (χ3n) is 1.09. The maximum absolute atomic E-state index is 12.4.